The summed E-state index contributed by atoms with van der Waals surface area (Å²) >= 11 is 0. The van der Waals surface area contributed by atoms with Crippen LogP contribution in [0.5, 0.6) is 0 Å². The Morgan fingerprint density at radius 3 is 2.78 bits per heavy atom. The zero-order valence-electron chi connectivity index (χ0n) is 13.4. The van der Waals surface area contributed by atoms with E-state index in [-0.39, 0.29) is 24.4 Å². The first-order valence-electron chi connectivity index (χ1n) is 7.89. The maximum atomic E-state index is 12.4. The van der Waals surface area contributed by atoms with Crippen LogP contribution in [0.1, 0.15) is 24.8 Å². The predicted octanol–water partition coefficient (Wildman–Crippen LogP) is 2.27. The Hall–Kier alpha value is -2.14. The van der Waals surface area contributed by atoms with Gasteiger partial charge in [-0.1, -0.05) is 30.3 Å². The zero-order chi connectivity index (χ0) is 16.5. The summed E-state index contributed by atoms with van der Waals surface area (Å²) in [5.74, 6) is -0.435. The summed E-state index contributed by atoms with van der Waals surface area (Å²) in [6.07, 6.45) is 5.54. The van der Waals surface area contributed by atoms with Crippen LogP contribution in [0, 0.1) is 0 Å². The van der Waals surface area contributed by atoms with Crippen LogP contribution in [0.25, 0.3) is 6.08 Å². The van der Waals surface area contributed by atoms with Crippen molar-refractivity contribution in [3.8, 4) is 0 Å². The number of esters is 1. The number of methoxy groups -OCH3 is 1. The molecule has 1 aromatic rings. The SMILES string of the molecule is COC(=O)CCN(CC1CCCO1)C(=O)/C=C/c1ccccc1. The smallest absolute Gasteiger partial charge is 0.307 e. The van der Waals surface area contributed by atoms with Crippen LogP contribution in [0.3, 0.4) is 0 Å². The number of amides is 1. The van der Waals surface area contributed by atoms with E-state index >= 15 is 0 Å². The molecular formula is C18H23NO4. The second kappa shape index (κ2) is 9.10. The summed E-state index contributed by atoms with van der Waals surface area (Å²) in [6, 6.07) is 9.64. The summed E-state index contributed by atoms with van der Waals surface area (Å²) in [5, 5.41) is 0. The normalized spacial score (nSPS) is 17.3. The second-order valence-electron chi connectivity index (χ2n) is 5.49. The maximum absolute atomic E-state index is 12.4. The number of rotatable bonds is 7. The number of ether oxygens (including phenoxy) is 2. The Morgan fingerprint density at radius 1 is 1.35 bits per heavy atom. The number of hydrogen-bond acceptors (Lipinski definition) is 4. The number of hydrogen-bond donors (Lipinski definition) is 0. The van der Waals surface area contributed by atoms with Crippen molar-refractivity contribution in [2.45, 2.75) is 25.4 Å². The molecule has 0 saturated carbocycles. The van der Waals surface area contributed by atoms with Crippen molar-refractivity contribution in [2.24, 2.45) is 0 Å². The van der Waals surface area contributed by atoms with Gasteiger partial charge in [0.15, 0.2) is 0 Å². The van der Waals surface area contributed by atoms with E-state index < -0.39 is 0 Å². The van der Waals surface area contributed by atoms with Crippen molar-refractivity contribution < 1.29 is 19.1 Å². The molecule has 2 rings (SSSR count). The molecule has 1 atom stereocenters. The summed E-state index contributed by atoms with van der Waals surface area (Å²) in [5.41, 5.74) is 0.964. The van der Waals surface area contributed by atoms with E-state index in [9.17, 15) is 9.59 Å². The van der Waals surface area contributed by atoms with Crippen molar-refractivity contribution >= 4 is 18.0 Å². The molecule has 0 aromatic heterocycles. The third-order valence-electron chi connectivity index (χ3n) is 3.79. The molecule has 1 unspecified atom stereocenters. The van der Waals surface area contributed by atoms with Crippen LogP contribution in [0.2, 0.25) is 0 Å². The van der Waals surface area contributed by atoms with Gasteiger partial charge in [0.05, 0.1) is 19.6 Å². The van der Waals surface area contributed by atoms with Crippen LogP contribution < -0.4 is 0 Å². The second-order valence-corrected chi connectivity index (χ2v) is 5.49. The summed E-state index contributed by atoms with van der Waals surface area (Å²) in [4.78, 5) is 25.4. The Morgan fingerprint density at radius 2 is 2.13 bits per heavy atom. The van der Waals surface area contributed by atoms with Crippen molar-refractivity contribution in [1.82, 2.24) is 4.90 Å². The minimum atomic E-state index is -0.317. The van der Waals surface area contributed by atoms with Crippen LogP contribution in [0.15, 0.2) is 36.4 Å². The summed E-state index contributed by atoms with van der Waals surface area (Å²) < 4.78 is 10.2. The van der Waals surface area contributed by atoms with Crippen molar-refractivity contribution in [1.29, 1.82) is 0 Å². The molecule has 1 fully saturated rings. The maximum Gasteiger partial charge on any atom is 0.307 e. The highest BCUT2D eigenvalue weighted by Crippen LogP contribution is 2.14. The van der Waals surface area contributed by atoms with Crippen LogP contribution in [-0.4, -0.2) is 49.7 Å². The molecule has 124 valence electrons. The number of benzene rings is 1. The molecule has 5 heteroatoms. The van der Waals surface area contributed by atoms with Gasteiger partial charge in [0, 0.05) is 25.8 Å². The standard InChI is InChI=1S/C18H23NO4/c1-22-18(21)11-12-19(14-16-8-5-13-23-16)17(20)10-9-15-6-3-2-4-7-15/h2-4,6-7,9-10,16H,5,8,11-14H2,1H3/b10-9+. The molecule has 0 spiro atoms. The Kier molecular flexibility index (Phi) is 6.81. The van der Waals surface area contributed by atoms with Gasteiger partial charge in [-0.3, -0.25) is 9.59 Å². The van der Waals surface area contributed by atoms with E-state index in [0.29, 0.717) is 13.1 Å². The molecule has 0 radical (unpaired) electrons. The third kappa shape index (κ3) is 5.87. The Balaban J connectivity index is 1.97. The van der Waals surface area contributed by atoms with Gasteiger partial charge in [0.2, 0.25) is 5.91 Å². The first-order chi connectivity index (χ1) is 11.2. The fourth-order valence-electron chi connectivity index (χ4n) is 2.49. The van der Waals surface area contributed by atoms with Gasteiger partial charge in [-0.15, -0.1) is 0 Å². The fourth-order valence-corrected chi connectivity index (χ4v) is 2.49. The molecule has 1 aliphatic rings. The van der Waals surface area contributed by atoms with E-state index in [1.165, 1.54) is 7.11 Å². The first kappa shape index (κ1) is 17.2. The highest BCUT2D eigenvalue weighted by atomic mass is 16.5. The van der Waals surface area contributed by atoms with E-state index in [2.05, 4.69) is 4.74 Å². The Bertz CT molecular complexity index is 535. The van der Waals surface area contributed by atoms with E-state index in [1.807, 2.05) is 30.3 Å². The molecule has 0 bridgehead atoms. The van der Waals surface area contributed by atoms with Crippen LogP contribution >= 0.6 is 0 Å². The lowest BCUT2D eigenvalue weighted by Crippen LogP contribution is -2.37. The van der Waals surface area contributed by atoms with Gasteiger partial charge in [-0.05, 0) is 24.5 Å². The molecule has 23 heavy (non-hydrogen) atoms. The van der Waals surface area contributed by atoms with Crippen LogP contribution in [-0.2, 0) is 19.1 Å². The van der Waals surface area contributed by atoms with Gasteiger partial charge >= 0.3 is 5.97 Å². The molecule has 1 heterocycles. The third-order valence-corrected chi connectivity index (χ3v) is 3.79. The minimum absolute atomic E-state index is 0.0572. The average Bonchev–Trinajstić information content (AvgIpc) is 3.10. The Labute approximate surface area is 136 Å². The summed E-state index contributed by atoms with van der Waals surface area (Å²) in [6.45, 7) is 1.59. The predicted molar refractivity (Wildman–Crippen MR) is 87.7 cm³/mol. The monoisotopic (exact) mass is 317 g/mol. The largest absolute Gasteiger partial charge is 0.469 e. The minimum Gasteiger partial charge on any atom is -0.469 e. The molecule has 1 amide bonds. The highest BCUT2D eigenvalue weighted by molar-refractivity contribution is 5.92. The molecule has 1 aromatic carbocycles. The van der Waals surface area contributed by atoms with Crippen molar-refractivity contribution in [3.05, 3.63) is 42.0 Å². The van der Waals surface area contributed by atoms with Gasteiger partial charge in [-0.25, -0.2) is 0 Å². The van der Waals surface area contributed by atoms with Gasteiger partial charge in [0.25, 0.3) is 0 Å². The molecule has 0 aliphatic carbocycles. The highest BCUT2D eigenvalue weighted by Gasteiger charge is 2.22. The van der Waals surface area contributed by atoms with E-state index in [0.717, 1.165) is 25.0 Å². The topological polar surface area (TPSA) is 55.8 Å². The van der Waals surface area contributed by atoms with E-state index in [1.54, 1.807) is 17.1 Å². The van der Waals surface area contributed by atoms with Gasteiger partial charge in [-0.2, -0.15) is 0 Å². The lowest BCUT2D eigenvalue weighted by molar-refractivity contribution is -0.141. The van der Waals surface area contributed by atoms with Gasteiger partial charge < -0.3 is 14.4 Å². The van der Waals surface area contributed by atoms with Gasteiger partial charge in [0.1, 0.15) is 0 Å². The number of nitrogens with zero attached hydrogens (tertiary/aromatic N) is 1. The molecular weight excluding hydrogens is 294 g/mol. The molecule has 1 saturated heterocycles. The van der Waals surface area contributed by atoms with Crippen molar-refractivity contribution in [3.63, 3.8) is 0 Å². The quantitative estimate of drug-likeness (QED) is 0.572. The van der Waals surface area contributed by atoms with E-state index in [4.69, 9.17) is 4.74 Å². The molecule has 0 N–H and O–H groups in total. The van der Waals surface area contributed by atoms with Crippen molar-refractivity contribution in [2.75, 3.05) is 26.8 Å². The number of carbonyl (C=O) groups excluding carboxylic acids is 2. The lowest BCUT2D eigenvalue weighted by atomic mass is 10.2. The number of carbonyl (C=O) groups is 2. The lowest BCUT2D eigenvalue weighted by Gasteiger charge is -2.24. The first-order valence-corrected chi connectivity index (χ1v) is 7.89. The summed E-state index contributed by atoms with van der Waals surface area (Å²) in [7, 11) is 1.35. The molecule has 5 nitrogen and oxygen atoms in total. The molecule has 1 aliphatic heterocycles. The average molecular weight is 317 g/mol. The van der Waals surface area contributed by atoms with Crippen LogP contribution in [0.4, 0.5) is 0 Å². The zero-order valence-corrected chi connectivity index (χ0v) is 13.4. The fraction of sp³-hybridized carbons (Fsp3) is 0.444.